The van der Waals surface area contributed by atoms with Crippen LogP contribution in [0.15, 0.2) is 30.5 Å². The monoisotopic (exact) mass is 261 g/mol. The van der Waals surface area contributed by atoms with Crippen LogP contribution in [0.1, 0.15) is 5.69 Å². The molecule has 0 fully saturated rings. The van der Waals surface area contributed by atoms with E-state index in [1.807, 2.05) is 12.1 Å². The highest BCUT2D eigenvalue weighted by Crippen LogP contribution is 2.22. The molecular formula is C12H15N5O2. The van der Waals surface area contributed by atoms with E-state index in [4.69, 9.17) is 10.5 Å². The first-order valence-electron chi connectivity index (χ1n) is 5.75. The summed E-state index contributed by atoms with van der Waals surface area (Å²) in [6.45, 7) is 0.374. The van der Waals surface area contributed by atoms with Crippen LogP contribution in [-0.4, -0.2) is 28.0 Å². The van der Waals surface area contributed by atoms with E-state index in [0.29, 0.717) is 23.7 Å². The lowest BCUT2D eigenvalue weighted by atomic mass is 10.3. The maximum Gasteiger partial charge on any atom is 0.246 e. The summed E-state index contributed by atoms with van der Waals surface area (Å²) >= 11 is 0. The second kappa shape index (κ2) is 5.96. The minimum Gasteiger partial charge on any atom is -0.495 e. The molecule has 0 spiro atoms. The van der Waals surface area contributed by atoms with Crippen LogP contribution in [0.4, 0.5) is 5.69 Å². The molecule has 2 rings (SSSR count). The first kappa shape index (κ1) is 13.0. The van der Waals surface area contributed by atoms with Crippen molar-refractivity contribution in [1.29, 1.82) is 0 Å². The Morgan fingerprint density at radius 2 is 2.26 bits per heavy atom. The standard InChI is InChI=1S/C12H15N5O2/c1-19-11-5-3-2-4-10(11)14-12(18)8-17-7-9(6-13)15-16-17/h2-5,7H,6,8,13H2,1H3,(H,14,18). The van der Waals surface area contributed by atoms with Gasteiger partial charge in [-0.05, 0) is 12.1 Å². The number of nitrogens with two attached hydrogens (primary N) is 1. The molecule has 0 radical (unpaired) electrons. The summed E-state index contributed by atoms with van der Waals surface area (Å²) in [5.41, 5.74) is 6.69. The quantitative estimate of drug-likeness (QED) is 0.811. The second-order valence-corrected chi connectivity index (χ2v) is 3.86. The average Bonchev–Trinajstić information content (AvgIpc) is 2.87. The Morgan fingerprint density at radius 1 is 1.47 bits per heavy atom. The molecule has 0 aliphatic carbocycles. The number of aromatic nitrogens is 3. The molecule has 0 aliphatic heterocycles. The summed E-state index contributed by atoms with van der Waals surface area (Å²) in [6, 6.07) is 7.19. The summed E-state index contributed by atoms with van der Waals surface area (Å²) < 4.78 is 6.59. The van der Waals surface area contributed by atoms with Crippen molar-refractivity contribution in [2.75, 3.05) is 12.4 Å². The maximum atomic E-state index is 11.9. The molecule has 2 aromatic rings. The minimum atomic E-state index is -0.210. The molecule has 0 atom stereocenters. The van der Waals surface area contributed by atoms with Crippen molar-refractivity contribution in [2.45, 2.75) is 13.1 Å². The largest absolute Gasteiger partial charge is 0.495 e. The van der Waals surface area contributed by atoms with Gasteiger partial charge in [0.25, 0.3) is 0 Å². The van der Waals surface area contributed by atoms with Crippen LogP contribution in [0.25, 0.3) is 0 Å². The van der Waals surface area contributed by atoms with Crippen LogP contribution >= 0.6 is 0 Å². The highest BCUT2D eigenvalue weighted by Gasteiger charge is 2.08. The Morgan fingerprint density at radius 3 is 2.95 bits per heavy atom. The lowest BCUT2D eigenvalue weighted by molar-refractivity contribution is -0.116. The van der Waals surface area contributed by atoms with Crippen molar-refractivity contribution in [3.05, 3.63) is 36.2 Å². The van der Waals surface area contributed by atoms with Crippen LogP contribution in [-0.2, 0) is 17.9 Å². The van der Waals surface area contributed by atoms with E-state index in [1.54, 1.807) is 25.4 Å². The van der Waals surface area contributed by atoms with Gasteiger partial charge >= 0.3 is 0 Å². The van der Waals surface area contributed by atoms with E-state index >= 15 is 0 Å². The number of hydrogen-bond acceptors (Lipinski definition) is 5. The van der Waals surface area contributed by atoms with Gasteiger partial charge in [0, 0.05) is 6.54 Å². The van der Waals surface area contributed by atoms with E-state index in [9.17, 15) is 4.79 Å². The predicted octanol–water partition coefficient (Wildman–Crippen LogP) is 0.384. The molecule has 1 amide bonds. The number of hydrogen-bond donors (Lipinski definition) is 2. The first-order valence-corrected chi connectivity index (χ1v) is 5.75. The number of rotatable bonds is 5. The molecule has 19 heavy (non-hydrogen) atoms. The lowest BCUT2D eigenvalue weighted by Gasteiger charge is -2.09. The number of nitrogens with zero attached hydrogens (tertiary/aromatic N) is 3. The first-order chi connectivity index (χ1) is 9.22. The second-order valence-electron chi connectivity index (χ2n) is 3.86. The Balaban J connectivity index is 2.01. The fraction of sp³-hybridized carbons (Fsp3) is 0.250. The molecule has 7 heteroatoms. The summed E-state index contributed by atoms with van der Waals surface area (Å²) in [6.07, 6.45) is 1.64. The zero-order valence-corrected chi connectivity index (χ0v) is 10.5. The Kier molecular flexibility index (Phi) is 4.09. The molecule has 0 bridgehead atoms. The third-order valence-electron chi connectivity index (χ3n) is 2.48. The molecule has 3 N–H and O–H groups in total. The molecular weight excluding hydrogens is 246 g/mol. The number of nitrogens with one attached hydrogen (secondary N) is 1. The van der Waals surface area contributed by atoms with Crippen LogP contribution in [0.5, 0.6) is 5.75 Å². The third-order valence-corrected chi connectivity index (χ3v) is 2.48. The van der Waals surface area contributed by atoms with Gasteiger partial charge in [0.2, 0.25) is 5.91 Å². The third kappa shape index (κ3) is 3.29. The summed E-state index contributed by atoms with van der Waals surface area (Å²) in [7, 11) is 1.55. The van der Waals surface area contributed by atoms with Crippen molar-refractivity contribution >= 4 is 11.6 Å². The van der Waals surface area contributed by atoms with E-state index < -0.39 is 0 Å². The predicted molar refractivity (Wildman–Crippen MR) is 69.5 cm³/mol. The Hall–Kier alpha value is -2.41. The SMILES string of the molecule is COc1ccccc1NC(=O)Cn1cc(CN)nn1. The van der Waals surface area contributed by atoms with Crippen molar-refractivity contribution in [3.63, 3.8) is 0 Å². The van der Waals surface area contributed by atoms with Gasteiger partial charge in [0.15, 0.2) is 0 Å². The number of carbonyl (C=O) groups excluding carboxylic acids is 1. The van der Waals surface area contributed by atoms with Gasteiger partial charge in [0.1, 0.15) is 12.3 Å². The number of amides is 1. The average molecular weight is 261 g/mol. The summed E-state index contributed by atoms with van der Waals surface area (Å²) in [4.78, 5) is 11.9. The molecule has 1 aromatic carbocycles. The zero-order valence-electron chi connectivity index (χ0n) is 10.5. The van der Waals surface area contributed by atoms with E-state index in [1.165, 1.54) is 4.68 Å². The molecule has 0 saturated carbocycles. The van der Waals surface area contributed by atoms with E-state index in [2.05, 4.69) is 15.6 Å². The fourth-order valence-corrected chi connectivity index (χ4v) is 1.59. The number of carbonyl (C=O) groups is 1. The zero-order chi connectivity index (χ0) is 13.7. The molecule has 0 saturated heterocycles. The molecule has 7 nitrogen and oxygen atoms in total. The van der Waals surface area contributed by atoms with Crippen LogP contribution in [0.2, 0.25) is 0 Å². The summed E-state index contributed by atoms with van der Waals surface area (Å²) in [5, 5.41) is 10.4. The molecule has 100 valence electrons. The van der Waals surface area contributed by atoms with Gasteiger partial charge in [-0.2, -0.15) is 0 Å². The van der Waals surface area contributed by atoms with Gasteiger partial charge < -0.3 is 15.8 Å². The van der Waals surface area contributed by atoms with Gasteiger partial charge in [-0.15, -0.1) is 5.10 Å². The smallest absolute Gasteiger partial charge is 0.246 e. The van der Waals surface area contributed by atoms with Crippen molar-refractivity contribution in [1.82, 2.24) is 15.0 Å². The van der Waals surface area contributed by atoms with E-state index in [0.717, 1.165) is 0 Å². The van der Waals surface area contributed by atoms with Gasteiger partial charge in [-0.3, -0.25) is 4.79 Å². The van der Waals surface area contributed by atoms with Crippen LogP contribution in [0, 0.1) is 0 Å². The van der Waals surface area contributed by atoms with Crippen LogP contribution < -0.4 is 15.8 Å². The topological polar surface area (TPSA) is 95.1 Å². The van der Waals surface area contributed by atoms with E-state index in [-0.39, 0.29) is 12.5 Å². The fourth-order valence-electron chi connectivity index (χ4n) is 1.59. The van der Waals surface area contributed by atoms with Crippen molar-refractivity contribution < 1.29 is 9.53 Å². The lowest BCUT2D eigenvalue weighted by Crippen LogP contribution is -2.19. The Labute approximate surface area is 110 Å². The number of methoxy groups -OCH3 is 1. The van der Waals surface area contributed by atoms with Crippen molar-refractivity contribution in [3.8, 4) is 5.75 Å². The number of ether oxygens (including phenoxy) is 1. The van der Waals surface area contributed by atoms with Gasteiger partial charge in [0.05, 0.1) is 24.7 Å². The highest BCUT2D eigenvalue weighted by molar-refractivity contribution is 5.92. The maximum absolute atomic E-state index is 11.9. The summed E-state index contributed by atoms with van der Waals surface area (Å²) in [5.74, 6) is 0.398. The number of benzene rings is 1. The number of para-hydroxylation sites is 2. The van der Waals surface area contributed by atoms with Gasteiger partial charge in [-0.25, -0.2) is 4.68 Å². The molecule has 0 unspecified atom stereocenters. The van der Waals surface area contributed by atoms with Gasteiger partial charge in [-0.1, -0.05) is 17.3 Å². The van der Waals surface area contributed by atoms with Crippen LogP contribution in [0.3, 0.4) is 0 Å². The van der Waals surface area contributed by atoms with Crippen molar-refractivity contribution in [2.24, 2.45) is 5.73 Å². The molecule has 1 aromatic heterocycles. The normalized spacial score (nSPS) is 10.2. The molecule has 1 heterocycles. The minimum absolute atomic E-state index is 0.0745. The Bertz CT molecular complexity index is 567. The molecule has 0 aliphatic rings. The highest BCUT2D eigenvalue weighted by atomic mass is 16.5. The number of anilines is 1.